The van der Waals surface area contributed by atoms with Crippen LogP contribution >= 0.6 is 0 Å². The summed E-state index contributed by atoms with van der Waals surface area (Å²) in [5.74, 6) is 0. The molecular weight excluding hydrogens is 178 g/mol. The van der Waals surface area contributed by atoms with Crippen LogP contribution in [0.4, 0.5) is 0 Å². The zero-order chi connectivity index (χ0) is 9.80. The fourth-order valence-electron chi connectivity index (χ4n) is 2.09. The van der Waals surface area contributed by atoms with Gasteiger partial charge in [0.25, 0.3) is 0 Å². The van der Waals surface area contributed by atoms with Crippen LogP contribution in [0.2, 0.25) is 0 Å². The van der Waals surface area contributed by atoms with E-state index in [9.17, 15) is 25.5 Å². The number of piperidine rings is 1. The minimum Gasteiger partial charge on any atom is -0.391 e. The summed E-state index contributed by atoms with van der Waals surface area (Å²) in [4.78, 5) is 0. The Hall–Kier alpha value is -0.240. The first-order valence-electron chi connectivity index (χ1n) is 4.18. The van der Waals surface area contributed by atoms with Gasteiger partial charge in [0.15, 0.2) is 0 Å². The lowest BCUT2D eigenvalue weighted by Crippen LogP contribution is -2.67. The van der Waals surface area contributed by atoms with Crippen LogP contribution in [0.1, 0.15) is 6.42 Å². The van der Waals surface area contributed by atoms with E-state index in [4.69, 9.17) is 0 Å². The van der Waals surface area contributed by atoms with Crippen molar-refractivity contribution in [2.45, 2.75) is 42.6 Å². The summed E-state index contributed by atoms with van der Waals surface area (Å²) in [6.07, 6.45) is -5.20. The molecule has 0 amide bonds. The van der Waals surface area contributed by atoms with E-state index in [0.29, 0.717) is 0 Å². The van der Waals surface area contributed by atoms with Gasteiger partial charge in [-0.3, -0.25) is 5.32 Å². The predicted octanol–water partition coefficient (Wildman–Crippen LogP) is -3.51. The average molecular weight is 191 g/mol. The first-order valence-corrected chi connectivity index (χ1v) is 4.18. The second-order valence-electron chi connectivity index (χ2n) is 3.79. The molecule has 0 spiro atoms. The Morgan fingerprint density at radius 2 is 1.69 bits per heavy atom. The van der Waals surface area contributed by atoms with Gasteiger partial charge >= 0.3 is 0 Å². The molecule has 2 fully saturated rings. The Labute approximate surface area is 74.4 Å². The topological polar surface area (TPSA) is 113 Å². The molecule has 2 heterocycles. The Kier molecular flexibility index (Phi) is 1.88. The van der Waals surface area contributed by atoms with Gasteiger partial charge in [0.2, 0.25) is 0 Å². The van der Waals surface area contributed by atoms with Crippen LogP contribution in [0.5, 0.6) is 0 Å². The molecule has 0 aromatic carbocycles. The molecule has 6 nitrogen and oxygen atoms in total. The summed E-state index contributed by atoms with van der Waals surface area (Å²) in [6.45, 7) is 0. The summed E-state index contributed by atoms with van der Waals surface area (Å²) in [6, 6.07) is -0.775. The molecule has 2 aliphatic rings. The Balaban J connectivity index is 2.30. The van der Waals surface area contributed by atoms with Gasteiger partial charge in [-0.05, 0) is 0 Å². The summed E-state index contributed by atoms with van der Waals surface area (Å²) in [7, 11) is 0. The van der Waals surface area contributed by atoms with E-state index < -0.39 is 36.2 Å². The molecule has 2 bridgehead atoms. The number of nitrogens with one attached hydrogen (secondary N) is 1. The van der Waals surface area contributed by atoms with Crippen LogP contribution < -0.4 is 5.32 Å². The van der Waals surface area contributed by atoms with Gasteiger partial charge in [-0.25, -0.2) is 0 Å². The van der Waals surface area contributed by atoms with Crippen molar-refractivity contribution in [3.05, 3.63) is 0 Å². The molecule has 6 atom stereocenters. The third-order valence-electron chi connectivity index (χ3n) is 2.88. The highest BCUT2D eigenvalue weighted by Gasteiger charge is 2.58. The fraction of sp³-hybridized carbons (Fsp3) is 1.00. The largest absolute Gasteiger partial charge is 0.391 e. The SMILES string of the molecule is O[C@@H]1[C@@H](O)C2N[C@](O)(C[C@@H]2O)[C@H]1O. The van der Waals surface area contributed by atoms with Crippen LogP contribution in [0.3, 0.4) is 0 Å². The molecule has 0 radical (unpaired) electrons. The van der Waals surface area contributed by atoms with E-state index in [1.54, 1.807) is 0 Å². The molecule has 0 aromatic rings. The second-order valence-corrected chi connectivity index (χ2v) is 3.79. The second kappa shape index (κ2) is 2.63. The van der Waals surface area contributed by atoms with Crippen molar-refractivity contribution in [1.82, 2.24) is 5.32 Å². The molecule has 2 saturated heterocycles. The van der Waals surface area contributed by atoms with Crippen LogP contribution in [0.25, 0.3) is 0 Å². The van der Waals surface area contributed by atoms with Gasteiger partial charge in [-0.15, -0.1) is 0 Å². The maximum atomic E-state index is 9.66. The highest BCUT2D eigenvalue weighted by Crippen LogP contribution is 2.34. The number of fused-ring (bicyclic) bond motifs is 2. The zero-order valence-corrected chi connectivity index (χ0v) is 6.83. The molecular formula is C7H13NO5. The van der Waals surface area contributed by atoms with E-state index in [1.807, 2.05) is 0 Å². The Morgan fingerprint density at radius 1 is 1.08 bits per heavy atom. The first kappa shape index (κ1) is 9.32. The van der Waals surface area contributed by atoms with Crippen molar-refractivity contribution in [2.24, 2.45) is 0 Å². The molecule has 6 heteroatoms. The molecule has 6 N–H and O–H groups in total. The highest BCUT2D eigenvalue weighted by atomic mass is 16.4. The van der Waals surface area contributed by atoms with Crippen molar-refractivity contribution < 1.29 is 25.5 Å². The number of hydrogen-bond donors (Lipinski definition) is 6. The zero-order valence-electron chi connectivity index (χ0n) is 6.83. The molecule has 2 aliphatic heterocycles. The minimum atomic E-state index is -1.68. The molecule has 76 valence electrons. The highest BCUT2D eigenvalue weighted by molar-refractivity contribution is 5.11. The predicted molar refractivity (Wildman–Crippen MR) is 40.5 cm³/mol. The number of aliphatic hydroxyl groups excluding tert-OH is 4. The lowest BCUT2D eigenvalue weighted by atomic mass is 9.94. The Bertz CT molecular complexity index is 219. The molecule has 2 rings (SSSR count). The summed E-state index contributed by atoms with van der Waals surface area (Å²) >= 11 is 0. The van der Waals surface area contributed by atoms with E-state index >= 15 is 0 Å². The fourth-order valence-corrected chi connectivity index (χ4v) is 2.09. The van der Waals surface area contributed by atoms with Crippen molar-refractivity contribution in [2.75, 3.05) is 0 Å². The first-order chi connectivity index (χ1) is 5.96. The number of rotatable bonds is 0. The van der Waals surface area contributed by atoms with Gasteiger partial charge in [0.1, 0.15) is 24.0 Å². The van der Waals surface area contributed by atoms with Crippen LogP contribution in [0, 0.1) is 0 Å². The molecule has 0 saturated carbocycles. The molecule has 13 heavy (non-hydrogen) atoms. The maximum Gasteiger partial charge on any atom is 0.147 e. The van der Waals surface area contributed by atoms with Gasteiger partial charge in [-0.2, -0.15) is 0 Å². The van der Waals surface area contributed by atoms with Gasteiger partial charge < -0.3 is 25.5 Å². The number of aliphatic hydroxyl groups is 5. The normalized spacial score (nSPS) is 61.2. The third-order valence-corrected chi connectivity index (χ3v) is 2.88. The smallest absolute Gasteiger partial charge is 0.147 e. The van der Waals surface area contributed by atoms with Crippen LogP contribution in [-0.2, 0) is 0 Å². The lowest BCUT2D eigenvalue weighted by Gasteiger charge is -2.40. The van der Waals surface area contributed by atoms with Crippen molar-refractivity contribution >= 4 is 0 Å². The van der Waals surface area contributed by atoms with Gasteiger partial charge in [-0.1, -0.05) is 0 Å². The summed E-state index contributed by atoms with van der Waals surface area (Å²) in [5.41, 5.74) is -1.68. The van der Waals surface area contributed by atoms with E-state index in [-0.39, 0.29) is 6.42 Å². The summed E-state index contributed by atoms with van der Waals surface area (Å²) in [5, 5.41) is 49.6. The van der Waals surface area contributed by atoms with Crippen molar-refractivity contribution in [1.29, 1.82) is 0 Å². The van der Waals surface area contributed by atoms with E-state index in [0.717, 1.165) is 0 Å². The maximum absolute atomic E-state index is 9.66. The van der Waals surface area contributed by atoms with E-state index in [1.165, 1.54) is 0 Å². The van der Waals surface area contributed by atoms with Crippen LogP contribution in [-0.4, -0.2) is 61.7 Å². The van der Waals surface area contributed by atoms with Crippen molar-refractivity contribution in [3.8, 4) is 0 Å². The quantitative estimate of drug-likeness (QED) is 0.237. The van der Waals surface area contributed by atoms with Crippen LogP contribution in [0.15, 0.2) is 0 Å². The van der Waals surface area contributed by atoms with E-state index in [2.05, 4.69) is 5.32 Å². The van der Waals surface area contributed by atoms with Gasteiger partial charge in [0.05, 0.1) is 12.1 Å². The monoisotopic (exact) mass is 191 g/mol. The molecule has 0 aromatic heterocycles. The minimum absolute atomic E-state index is 0.0903. The number of hydrogen-bond acceptors (Lipinski definition) is 6. The average Bonchev–Trinajstić information content (AvgIpc) is 2.35. The third kappa shape index (κ3) is 1.11. The standard InChI is InChI=1S/C7H13NO5/c9-2-1-7(13)6(12)5(11)4(10)3(2)8-7/h2-6,8-13H,1H2/t2-,3?,4-,5+,6-,7-/m0/s1. The van der Waals surface area contributed by atoms with Gasteiger partial charge in [0, 0.05) is 6.42 Å². The Morgan fingerprint density at radius 3 is 2.31 bits per heavy atom. The van der Waals surface area contributed by atoms with Crippen molar-refractivity contribution in [3.63, 3.8) is 0 Å². The summed E-state index contributed by atoms with van der Waals surface area (Å²) < 4.78 is 0. The molecule has 1 unspecified atom stereocenters. The molecule has 0 aliphatic carbocycles. The lowest BCUT2D eigenvalue weighted by molar-refractivity contribution is -0.187.